The summed E-state index contributed by atoms with van der Waals surface area (Å²) in [4.78, 5) is 18.9. The zero-order valence-corrected chi connectivity index (χ0v) is 9.04. The molecular weight excluding hydrogens is 224 g/mol. The van der Waals surface area contributed by atoms with Crippen molar-refractivity contribution in [3.63, 3.8) is 0 Å². The Morgan fingerprint density at radius 2 is 2.24 bits per heavy atom. The van der Waals surface area contributed by atoms with Gasteiger partial charge in [0.2, 0.25) is 0 Å². The molecule has 0 bridgehead atoms. The molecule has 0 amide bonds. The summed E-state index contributed by atoms with van der Waals surface area (Å²) in [6.45, 7) is -0.265. The van der Waals surface area contributed by atoms with Crippen molar-refractivity contribution >= 4 is 16.9 Å². The third-order valence-electron chi connectivity index (χ3n) is 2.32. The summed E-state index contributed by atoms with van der Waals surface area (Å²) in [5, 5.41) is 18.5. The van der Waals surface area contributed by atoms with Gasteiger partial charge in [-0.15, -0.1) is 0 Å². The van der Waals surface area contributed by atoms with Gasteiger partial charge in [0.15, 0.2) is 5.82 Å². The second kappa shape index (κ2) is 4.34. The number of carboxylic acid groups (broad SMARTS) is 1. The number of methoxy groups -OCH3 is 1. The molecule has 0 spiro atoms. The third kappa shape index (κ3) is 2.02. The first-order valence-corrected chi connectivity index (χ1v) is 4.83. The SMILES string of the molecule is COc1cc2nc(CO)ncc2cc1C(=O)O. The molecule has 0 aliphatic carbocycles. The van der Waals surface area contributed by atoms with Crippen molar-refractivity contribution in [1.29, 1.82) is 0 Å². The number of aliphatic hydroxyl groups is 1. The number of carbonyl (C=O) groups is 1. The fourth-order valence-electron chi connectivity index (χ4n) is 1.51. The standard InChI is InChI=1S/C11H10N2O4/c1-17-9-3-8-6(2-7(9)11(15)16)4-12-10(5-14)13-8/h2-4,14H,5H2,1H3,(H,15,16). The highest BCUT2D eigenvalue weighted by molar-refractivity contribution is 5.96. The summed E-state index contributed by atoms with van der Waals surface area (Å²) in [7, 11) is 1.39. The van der Waals surface area contributed by atoms with Gasteiger partial charge in [-0.2, -0.15) is 0 Å². The molecule has 6 nitrogen and oxygen atoms in total. The summed E-state index contributed by atoms with van der Waals surface area (Å²) in [6.07, 6.45) is 1.47. The van der Waals surface area contributed by atoms with E-state index in [1.54, 1.807) is 0 Å². The molecule has 0 aliphatic heterocycles. The van der Waals surface area contributed by atoms with Crippen LogP contribution in [0.5, 0.6) is 5.75 Å². The van der Waals surface area contributed by atoms with Crippen molar-refractivity contribution in [2.45, 2.75) is 6.61 Å². The van der Waals surface area contributed by atoms with Crippen LogP contribution >= 0.6 is 0 Å². The Morgan fingerprint density at radius 1 is 1.47 bits per heavy atom. The van der Waals surface area contributed by atoms with Crippen LogP contribution in [0.25, 0.3) is 10.9 Å². The zero-order chi connectivity index (χ0) is 12.4. The van der Waals surface area contributed by atoms with E-state index in [-0.39, 0.29) is 23.7 Å². The van der Waals surface area contributed by atoms with E-state index in [2.05, 4.69) is 9.97 Å². The number of hydrogen-bond acceptors (Lipinski definition) is 5. The molecule has 0 atom stereocenters. The van der Waals surface area contributed by atoms with E-state index in [0.29, 0.717) is 10.9 Å². The van der Waals surface area contributed by atoms with Crippen molar-refractivity contribution in [3.8, 4) is 5.75 Å². The molecule has 88 valence electrons. The van der Waals surface area contributed by atoms with Gasteiger partial charge in [0.25, 0.3) is 0 Å². The van der Waals surface area contributed by atoms with Gasteiger partial charge in [-0.3, -0.25) is 0 Å². The Labute approximate surface area is 96.5 Å². The van der Waals surface area contributed by atoms with Gasteiger partial charge in [0, 0.05) is 17.6 Å². The average molecular weight is 234 g/mol. The minimum atomic E-state index is -1.07. The smallest absolute Gasteiger partial charge is 0.339 e. The number of benzene rings is 1. The summed E-state index contributed by atoms with van der Waals surface area (Å²) >= 11 is 0. The molecule has 1 aromatic carbocycles. The number of fused-ring (bicyclic) bond motifs is 1. The van der Waals surface area contributed by atoms with Crippen LogP contribution in [-0.2, 0) is 6.61 Å². The minimum absolute atomic E-state index is 0.0559. The molecule has 6 heteroatoms. The Hall–Kier alpha value is -2.21. The van der Waals surface area contributed by atoms with Crippen LogP contribution < -0.4 is 4.74 Å². The van der Waals surface area contributed by atoms with E-state index in [0.717, 1.165) is 0 Å². The van der Waals surface area contributed by atoms with E-state index in [9.17, 15) is 4.79 Å². The maximum Gasteiger partial charge on any atom is 0.339 e. The summed E-state index contributed by atoms with van der Waals surface area (Å²) < 4.78 is 4.98. The quantitative estimate of drug-likeness (QED) is 0.817. The molecule has 2 aromatic rings. The van der Waals surface area contributed by atoms with E-state index in [1.165, 1.54) is 25.4 Å². The number of hydrogen-bond donors (Lipinski definition) is 2. The van der Waals surface area contributed by atoms with Gasteiger partial charge >= 0.3 is 5.97 Å². The second-order valence-electron chi connectivity index (χ2n) is 3.36. The van der Waals surface area contributed by atoms with E-state index >= 15 is 0 Å². The van der Waals surface area contributed by atoms with E-state index in [4.69, 9.17) is 14.9 Å². The van der Waals surface area contributed by atoms with Crippen LogP contribution in [0.4, 0.5) is 0 Å². The monoisotopic (exact) mass is 234 g/mol. The molecule has 0 radical (unpaired) electrons. The highest BCUT2D eigenvalue weighted by atomic mass is 16.5. The highest BCUT2D eigenvalue weighted by Crippen LogP contribution is 2.24. The molecule has 0 fully saturated rings. The second-order valence-corrected chi connectivity index (χ2v) is 3.36. The number of aliphatic hydroxyl groups excluding tert-OH is 1. The molecule has 2 rings (SSSR count). The minimum Gasteiger partial charge on any atom is -0.496 e. The third-order valence-corrected chi connectivity index (χ3v) is 2.32. The molecule has 0 saturated carbocycles. The Bertz CT molecular complexity index is 583. The van der Waals surface area contributed by atoms with Crippen LogP contribution in [0.2, 0.25) is 0 Å². The number of carboxylic acids is 1. The molecule has 1 aromatic heterocycles. The van der Waals surface area contributed by atoms with Crippen molar-refractivity contribution < 1.29 is 19.7 Å². The predicted molar refractivity (Wildman–Crippen MR) is 59.0 cm³/mol. The molecule has 0 unspecified atom stereocenters. The first-order valence-electron chi connectivity index (χ1n) is 4.83. The van der Waals surface area contributed by atoms with Gasteiger partial charge in [0.1, 0.15) is 17.9 Å². The number of ether oxygens (including phenoxy) is 1. The largest absolute Gasteiger partial charge is 0.496 e. The molecule has 0 aliphatic rings. The lowest BCUT2D eigenvalue weighted by Crippen LogP contribution is -2.02. The van der Waals surface area contributed by atoms with Gasteiger partial charge in [-0.1, -0.05) is 0 Å². The predicted octanol–water partition coefficient (Wildman–Crippen LogP) is 0.829. The van der Waals surface area contributed by atoms with Gasteiger partial charge in [-0.25, -0.2) is 14.8 Å². The van der Waals surface area contributed by atoms with E-state index < -0.39 is 5.97 Å². The fraction of sp³-hybridized carbons (Fsp3) is 0.182. The maximum absolute atomic E-state index is 11.0. The molecule has 17 heavy (non-hydrogen) atoms. The van der Waals surface area contributed by atoms with Crippen molar-refractivity contribution in [2.24, 2.45) is 0 Å². The van der Waals surface area contributed by atoms with E-state index in [1.807, 2.05) is 0 Å². The van der Waals surface area contributed by atoms with Gasteiger partial charge in [0.05, 0.1) is 12.6 Å². The molecule has 1 heterocycles. The van der Waals surface area contributed by atoms with Gasteiger partial charge < -0.3 is 14.9 Å². The maximum atomic E-state index is 11.0. The summed E-state index contributed by atoms with van der Waals surface area (Å²) in [5.74, 6) is -0.565. The normalized spacial score (nSPS) is 10.5. The van der Waals surface area contributed by atoms with Crippen molar-refractivity contribution in [2.75, 3.05) is 7.11 Å². The fourth-order valence-corrected chi connectivity index (χ4v) is 1.51. The Morgan fingerprint density at radius 3 is 2.82 bits per heavy atom. The lowest BCUT2D eigenvalue weighted by atomic mass is 10.1. The molecule has 2 N–H and O–H groups in total. The molecular formula is C11H10N2O4. The highest BCUT2D eigenvalue weighted by Gasteiger charge is 2.13. The average Bonchev–Trinajstić information content (AvgIpc) is 2.36. The van der Waals surface area contributed by atoms with Crippen molar-refractivity contribution in [3.05, 3.63) is 29.7 Å². The Balaban J connectivity index is 2.69. The first-order chi connectivity index (χ1) is 8.15. The van der Waals surface area contributed by atoms with Crippen molar-refractivity contribution in [1.82, 2.24) is 9.97 Å². The first kappa shape index (κ1) is 11.3. The van der Waals surface area contributed by atoms with Crippen LogP contribution in [0.3, 0.4) is 0 Å². The lowest BCUT2D eigenvalue weighted by Gasteiger charge is -2.06. The Kier molecular flexibility index (Phi) is 2.88. The van der Waals surface area contributed by atoms with Crippen LogP contribution in [0.1, 0.15) is 16.2 Å². The molecule has 0 saturated heterocycles. The van der Waals surface area contributed by atoms with Crippen LogP contribution in [-0.4, -0.2) is 33.3 Å². The topological polar surface area (TPSA) is 92.5 Å². The number of aromatic nitrogens is 2. The zero-order valence-electron chi connectivity index (χ0n) is 9.04. The summed E-state index contributed by atoms with van der Waals surface area (Å²) in [6, 6.07) is 2.96. The summed E-state index contributed by atoms with van der Waals surface area (Å²) in [5.41, 5.74) is 0.589. The number of nitrogens with zero attached hydrogens (tertiary/aromatic N) is 2. The number of rotatable bonds is 3. The van der Waals surface area contributed by atoms with Gasteiger partial charge in [-0.05, 0) is 6.07 Å². The number of aromatic carboxylic acids is 1. The van der Waals surface area contributed by atoms with Crippen LogP contribution in [0, 0.1) is 0 Å². The van der Waals surface area contributed by atoms with Crippen LogP contribution in [0.15, 0.2) is 18.3 Å². The lowest BCUT2D eigenvalue weighted by molar-refractivity contribution is 0.0693.